The average Bonchev–Trinajstić information content (AvgIpc) is 3.18. The van der Waals surface area contributed by atoms with Crippen LogP contribution in [0.1, 0.15) is 37.9 Å². The second-order valence-electron chi connectivity index (χ2n) is 9.22. The van der Waals surface area contributed by atoms with Gasteiger partial charge < -0.3 is 19.3 Å². The van der Waals surface area contributed by atoms with Crippen molar-refractivity contribution in [2.24, 2.45) is 5.92 Å². The topological polar surface area (TPSA) is 85.3 Å². The highest BCUT2D eigenvalue weighted by atomic mass is 35.5. The number of amides is 1. The number of nitrogens with zero attached hydrogens (tertiary/aromatic N) is 1. The molecule has 1 aliphatic heterocycles. The van der Waals surface area contributed by atoms with Crippen LogP contribution in [0.25, 0.3) is 5.76 Å². The molecular formula is C30H30ClNO6. The minimum Gasteiger partial charge on any atom is -0.507 e. The lowest BCUT2D eigenvalue weighted by Crippen LogP contribution is -2.29. The van der Waals surface area contributed by atoms with E-state index in [1.807, 2.05) is 20.8 Å². The predicted octanol–water partition coefficient (Wildman–Crippen LogP) is 6.41. The molecule has 0 saturated carbocycles. The fraction of sp³-hybridized carbons (Fsp3) is 0.267. The molecule has 4 rings (SSSR count). The molecule has 1 fully saturated rings. The number of methoxy groups -OCH3 is 1. The second-order valence-corrected chi connectivity index (χ2v) is 9.66. The van der Waals surface area contributed by atoms with Crippen molar-refractivity contribution in [2.45, 2.75) is 26.8 Å². The monoisotopic (exact) mass is 535 g/mol. The average molecular weight is 536 g/mol. The van der Waals surface area contributed by atoms with Crippen molar-refractivity contribution < 1.29 is 28.9 Å². The molecule has 198 valence electrons. The molecule has 1 amide bonds. The van der Waals surface area contributed by atoms with Crippen LogP contribution in [0.3, 0.4) is 0 Å². The molecule has 8 heteroatoms. The SMILES string of the molecule is CCOc1cc(C2/C(=C(/O)c3cccc(OCC(C)C)c3)C(=O)C(=O)N2c2ccc(Cl)cc2)ccc1OC. The van der Waals surface area contributed by atoms with Crippen LogP contribution in [0.15, 0.2) is 72.3 Å². The third-order valence-electron chi connectivity index (χ3n) is 6.04. The van der Waals surface area contributed by atoms with Gasteiger partial charge >= 0.3 is 0 Å². The van der Waals surface area contributed by atoms with Crippen LogP contribution in [-0.2, 0) is 9.59 Å². The molecule has 0 radical (unpaired) electrons. The molecule has 3 aromatic carbocycles. The van der Waals surface area contributed by atoms with E-state index in [0.29, 0.717) is 58.2 Å². The molecule has 1 heterocycles. The molecule has 1 aliphatic rings. The number of aliphatic hydroxyl groups excluding tert-OH is 1. The normalized spacial score (nSPS) is 16.7. The van der Waals surface area contributed by atoms with Gasteiger partial charge in [0.1, 0.15) is 11.5 Å². The number of carbonyl (C=O) groups excluding carboxylic acids is 2. The van der Waals surface area contributed by atoms with E-state index < -0.39 is 17.7 Å². The number of ketones is 1. The Hall–Kier alpha value is -3.97. The first-order valence-electron chi connectivity index (χ1n) is 12.4. The van der Waals surface area contributed by atoms with Gasteiger partial charge in [0, 0.05) is 16.3 Å². The Kier molecular flexibility index (Phi) is 8.27. The van der Waals surface area contributed by atoms with E-state index in [2.05, 4.69) is 0 Å². The molecule has 0 bridgehead atoms. The van der Waals surface area contributed by atoms with Gasteiger partial charge in [-0.15, -0.1) is 0 Å². The summed E-state index contributed by atoms with van der Waals surface area (Å²) in [5, 5.41) is 12.0. The third kappa shape index (κ3) is 5.48. The highest BCUT2D eigenvalue weighted by Crippen LogP contribution is 2.44. The lowest BCUT2D eigenvalue weighted by atomic mass is 9.94. The number of hydrogen-bond donors (Lipinski definition) is 1. The van der Waals surface area contributed by atoms with Crippen LogP contribution in [0, 0.1) is 5.92 Å². The highest BCUT2D eigenvalue weighted by Gasteiger charge is 2.47. The van der Waals surface area contributed by atoms with Gasteiger partial charge in [-0.25, -0.2) is 0 Å². The fourth-order valence-corrected chi connectivity index (χ4v) is 4.43. The Morgan fingerprint density at radius 3 is 2.39 bits per heavy atom. The van der Waals surface area contributed by atoms with Crippen molar-refractivity contribution in [3.63, 3.8) is 0 Å². The number of aliphatic hydroxyl groups is 1. The fourth-order valence-electron chi connectivity index (χ4n) is 4.30. The summed E-state index contributed by atoms with van der Waals surface area (Å²) >= 11 is 6.08. The molecule has 1 unspecified atom stereocenters. The number of halogens is 1. The van der Waals surface area contributed by atoms with Gasteiger partial charge in [0.2, 0.25) is 0 Å². The lowest BCUT2D eigenvalue weighted by molar-refractivity contribution is -0.132. The molecular weight excluding hydrogens is 506 g/mol. The molecule has 1 atom stereocenters. The molecule has 38 heavy (non-hydrogen) atoms. The second kappa shape index (κ2) is 11.6. The van der Waals surface area contributed by atoms with Crippen molar-refractivity contribution in [1.82, 2.24) is 0 Å². The van der Waals surface area contributed by atoms with Gasteiger partial charge in [0.15, 0.2) is 11.5 Å². The van der Waals surface area contributed by atoms with E-state index in [1.165, 1.54) is 12.0 Å². The van der Waals surface area contributed by atoms with Crippen LogP contribution in [0.4, 0.5) is 5.69 Å². The summed E-state index contributed by atoms with van der Waals surface area (Å²) in [7, 11) is 1.53. The number of carbonyl (C=O) groups is 2. The number of Topliss-reactive ketones (excluding diaryl/α,β-unsaturated/α-hetero) is 1. The van der Waals surface area contributed by atoms with Gasteiger partial charge in [0.05, 0.1) is 31.9 Å². The number of rotatable bonds is 9. The van der Waals surface area contributed by atoms with Crippen LogP contribution < -0.4 is 19.1 Å². The molecule has 3 aromatic rings. The van der Waals surface area contributed by atoms with Gasteiger partial charge in [-0.1, -0.05) is 43.6 Å². The minimum atomic E-state index is -0.929. The summed E-state index contributed by atoms with van der Waals surface area (Å²) in [6.45, 7) is 6.80. The van der Waals surface area contributed by atoms with Crippen molar-refractivity contribution in [3.05, 3.63) is 88.5 Å². The molecule has 0 aliphatic carbocycles. The first-order valence-corrected chi connectivity index (χ1v) is 12.7. The summed E-state index contributed by atoms with van der Waals surface area (Å²) in [6, 6.07) is 17.7. The van der Waals surface area contributed by atoms with Crippen LogP contribution in [0.5, 0.6) is 17.2 Å². The van der Waals surface area contributed by atoms with E-state index in [0.717, 1.165) is 0 Å². The van der Waals surface area contributed by atoms with Gasteiger partial charge in [-0.2, -0.15) is 0 Å². The van der Waals surface area contributed by atoms with E-state index in [1.54, 1.807) is 66.7 Å². The van der Waals surface area contributed by atoms with Crippen LogP contribution in [0.2, 0.25) is 5.02 Å². The van der Waals surface area contributed by atoms with E-state index in [-0.39, 0.29) is 11.3 Å². The van der Waals surface area contributed by atoms with Crippen molar-refractivity contribution in [3.8, 4) is 17.2 Å². The van der Waals surface area contributed by atoms with Crippen molar-refractivity contribution in [1.29, 1.82) is 0 Å². The maximum atomic E-state index is 13.5. The molecule has 1 saturated heterocycles. The van der Waals surface area contributed by atoms with Crippen LogP contribution >= 0.6 is 11.6 Å². The standard InChI is InChI=1S/C30H30ClNO6/c1-5-37-25-16-19(9-14-24(25)36-4)27-26(28(33)20-7-6-8-23(15-20)38-17-18(2)3)29(34)30(35)32(27)22-12-10-21(31)11-13-22/h6-16,18,27,33H,5,17H2,1-4H3/b28-26-. The van der Waals surface area contributed by atoms with E-state index in [9.17, 15) is 14.7 Å². The largest absolute Gasteiger partial charge is 0.507 e. The first-order chi connectivity index (χ1) is 18.2. The van der Waals surface area contributed by atoms with Gasteiger partial charge in [-0.05, 0) is 66.9 Å². The number of hydrogen-bond acceptors (Lipinski definition) is 6. The Bertz CT molecular complexity index is 1370. The molecule has 0 spiro atoms. The maximum Gasteiger partial charge on any atom is 0.300 e. The summed E-state index contributed by atoms with van der Waals surface area (Å²) < 4.78 is 17.0. The zero-order valence-corrected chi connectivity index (χ0v) is 22.5. The van der Waals surface area contributed by atoms with Gasteiger partial charge in [0.25, 0.3) is 11.7 Å². The number of benzene rings is 3. The quantitative estimate of drug-likeness (QED) is 0.194. The van der Waals surface area contributed by atoms with E-state index in [4.69, 9.17) is 25.8 Å². The minimum absolute atomic E-state index is 0.0430. The van der Waals surface area contributed by atoms with E-state index >= 15 is 0 Å². The lowest BCUT2D eigenvalue weighted by Gasteiger charge is -2.26. The zero-order valence-electron chi connectivity index (χ0n) is 21.7. The molecule has 7 nitrogen and oxygen atoms in total. The van der Waals surface area contributed by atoms with Crippen molar-refractivity contribution in [2.75, 3.05) is 25.2 Å². The Morgan fingerprint density at radius 1 is 1.00 bits per heavy atom. The third-order valence-corrected chi connectivity index (χ3v) is 6.30. The first kappa shape index (κ1) is 27.1. The summed E-state index contributed by atoms with van der Waals surface area (Å²) in [5.41, 5.74) is 1.35. The summed E-state index contributed by atoms with van der Waals surface area (Å²) in [4.78, 5) is 28.2. The predicted molar refractivity (Wildman–Crippen MR) is 147 cm³/mol. The number of anilines is 1. The zero-order chi connectivity index (χ0) is 27.4. The van der Waals surface area contributed by atoms with Crippen LogP contribution in [-0.4, -0.2) is 37.1 Å². The maximum absolute atomic E-state index is 13.5. The Labute approximate surface area is 227 Å². The number of ether oxygens (including phenoxy) is 3. The molecule has 1 N–H and O–H groups in total. The Balaban J connectivity index is 1.90. The summed E-state index contributed by atoms with van der Waals surface area (Å²) in [5.74, 6) is -0.0358. The Morgan fingerprint density at radius 2 is 1.74 bits per heavy atom. The van der Waals surface area contributed by atoms with Gasteiger partial charge in [-0.3, -0.25) is 14.5 Å². The molecule has 0 aromatic heterocycles. The highest BCUT2D eigenvalue weighted by molar-refractivity contribution is 6.51. The summed E-state index contributed by atoms with van der Waals surface area (Å²) in [6.07, 6.45) is 0. The van der Waals surface area contributed by atoms with Crippen molar-refractivity contribution >= 4 is 34.7 Å². The smallest absolute Gasteiger partial charge is 0.300 e.